The first-order chi connectivity index (χ1) is 13.7. The van der Waals surface area contributed by atoms with Crippen molar-refractivity contribution < 1.29 is 27.4 Å². The lowest BCUT2D eigenvalue weighted by Gasteiger charge is -2.40. The van der Waals surface area contributed by atoms with E-state index in [4.69, 9.17) is 9.15 Å². The Balaban J connectivity index is 1.54. The molecule has 1 aromatic heterocycles. The third kappa shape index (κ3) is 4.34. The highest BCUT2D eigenvalue weighted by molar-refractivity contribution is 5.30. The number of benzene rings is 1. The van der Waals surface area contributed by atoms with Gasteiger partial charge in [0.05, 0.1) is 23.4 Å². The standard InChI is InChI=1S/C21H25F3N2O3/c1-13-10-20(27,15-2-4-16(5-3-15)21(22,23)24)11-17(26-13)18-12-25-19(29-18)14-6-8-28-9-7-14/h2-5,12-14,17,26-27H,6-11H2,1H3/t13-,17-,20?/m0/s1. The number of nitrogens with zero attached hydrogens (tertiary/aromatic N) is 1. The fourth-order valence-electron chi connectivity index (χ4n) is 4.37. The minimum absolute atomic E-state index is 0.0438. The van der Waals surface area contributed by atoms with Crippen LogP contribution in [-0.2, 0) is 16.5 Å². The molecule has 0 aliphatic carbocycles. The molecule has 0 amide bonds. The summed E-state index contributed by atoms with van der Waals surface area (Å²) < 4.78 is 50.0. The van der Waals surface area contributed by atoms with Gasteiger partial charge in [-0.15, -0.1) is 0 Å². The number of nitrogens with one attached hydrogen (secondary N) is 1. The molecule has 5 nitrogen and oxygen atoms in total. The lowest BCUT2D eigenvalue weighted by Crippen LogP contribution is -2.46. The molecule has 2 saturated heterocycles. The molecule has 2 N–H and O–H groups in total. The van der Waals surface area contributed by atoms with Crippen LogP contribution < -0.4 is 5.32 Å². The van der Waals surface area contributed by atoms with Gasteiger partial charge >= 0.3 is 6.18 Å². The van der Waals surface area contributed by atoms with Gasteiger partial charge in [0.15, 0.2) is 5.89 Å². The average molecular weight is 410 g/mol. The molecular formula is C21H25F3N2O3. The minimum Gasteiger partial charge on any atom is -0.444 e. The number of hydrogen-bond acceptors (Lipinski definition) is 5. The first-order valence-corrected chi connectivity index (χ1v) is 9.94. The first-order valence-electron chi connectivity index (χ1n) is 9.94. The van der Waals surface area contributed by atoms with Crippen molar-refractivity contribution in [2.75, 3.05) is 13.2 Å². The fraction of sp³-hybridized carbons (Fsp3) is 0.571. The molecule has 4 rings (SSSR count). The zero-order chi connectivity index (χ0) is 20.6. The van der Waals surface area contributed by atoms with Crippen molar-refractivity contribution >= 4 is 0 Å². The summed E-state index contributed by atoms with van der Waals surface area (Å²) in [5.41, 5.74) is -1.49. The van der Waals surface area contributed by atoms with Crippen LogP contribution in [0.3, 0.4) is 0 Å². The molecule has 3 atom stereocenters. The van der Waals surface area contributed by atoms with E-state index in [9.17, 15) is 18.3 Å². The van der Waals surface area contributed by atoms with E-state index in [2.05, 4.69) is 10.3 Å². The molecule has 2 fully saturated rings. The van der Waals surface area contributed by atoms with Crippen molar-refractivity contribution in [2.45, 2.75) is 62.4 Å². The van der Waals surface area contributed by atoms with Crippen LogP contribution in [0.15, 0.2) is 34.9 Å². The summed E-state index contributed by atoms with van der Waals surface area (Å²) in [6.45, 7) is 3.32. The predicted molar refractivity (Wildman–Crippen MR) is 99.2 cm³/mol. The Labute approximate surface area is 167 Å². The lowest BCUT2D eigenvalue weighted by molar-refractivity contribution is -0.137. The summed E-state index contributed by atoms with van der Waals surface area (Å²) in [6, 6.07) is 4.46. The molecule has 2 aliphatic heterocycles. The molecule has 2 aliphatic rings. The number of alkyl halides is 3. The third-order valence-corrected chi connectivity index (χ3v) is 5.88. The molecule has 1 aromatic carbocycles. The number of ether oxygens (including phenoxy) is 1. The SMILES string of the molecule is C[C@H]1CC(O)(c2ccc(C(F)(F)F)cc2)C[C@@H](c2cnc(C3CCOCC3)o2)N1. The summed E-state index contributed by atoms with van der Waals surface area (Å²) >= 11 is 0. The van der Waals surface area contributed by atoms with Crippen LogP contribution in [-0.4, -0.2) is 29.3 Å². The lowest BCUT2D eigenvalue weighted by atomic mass is 9.78. The molecule has 29 heavy (non-hydrogen) atoms. The van der Waals surface area contributed by atoms with Gasteiger partial charge in [0.2, 0.25) is 0 Å². The number of rotatable bonds is 3. The highest BCUT2D eigenvalue weighted by Crippen LogP contribution is 2.41. The maximum Gasteiger partial charge on any atom is 0.416 e. The molecule has 158 valence electrons. The maximum absolute atomic E-state index is 12.9. The molecule has 0 bridgehead atoms. The number of hydrogen-bond donors (Lipinski definition) is 2. The van der Waals surface area contributed by atoms with E-state index in [0.717, 1.165) is 25.0 Å². The Morgan fingerprint density at radius 2 is 1.83 bits per heavy atom. The largest absolute Gasteiger partial charge is 0.444 e. The maximum atomic E-state index is 12.9. The van der Waals surface area contributed by atoms with Crippen LogP contribution in [0.5, 0.6) is 0 Å². The van der Waals surface area contributed by atoms with Crippen LogP contribution in [0.4, 0.5) is 13.2 Å². The molecule has 3 heterocycles. The first kappa shape index (κ1) is 20.4. The highest BCUT2D eigenvalue weighted by Gasteiger charge is 2.41. The second-order valence-electron chi connectivity index (χ2n) is 8.12. The average Bonchev–Trinajstić information content (AvgIpc) is 3.18. The number of halogens is 3. The summed E-state index contributed by atoms with van der Waals surface area (Å²) in [5.74, 6) is 1.55. The van der Waals surface area contributed by atoms with Gasteiger partial charge in [-0.3, -0.25) is 0 Å². The van der Waals surface area contributed by atoms with Gasteiger partial charge in [-0.25, -0.2) is 4.98 Å². The molecule has 0 radical (unpaired) electrons. The normalized spacial score (nSPS) is 29.1. The third-order valence-electron chi connectivity index (χ3n) is 5.88. The van der Waals surface area contributed by atoms with Gasteiger partial charge in [0.25, 0.3) is 0 Å². The topological polar surface area (TPSA) is 67.5 Å². The summed E-state index contributed by atoms with van der Waals surface area (Å²) in [4.78, 5) is 4.43. The van der Waals surface area contributed by atoms with E-state index in [0.29, 0.717) is 43.3 Å². The van der Waals surface area contributed by atoms with Crippen molar-refractivity contribution in [3.05, 3.63) is 53.2 Å². The zero-order valence-corrected chi connectivity index (χ0v) is 16.2. The molecular weight excluding hydrogens is 385 g/mol. The van der Waals surface area contributed by atoms with Crippen LogP contribution in [0.2, 0.25) is 0 Å². The highest BCUT2D eigenvalue weighted by atomic mass is 19.4. The molecule has 1 unspecified atom stereocenters. The van der Waals surface area contributed by atoms with Gasteiger partial charge in [-0.1, -0.05) is 12.1 Å². The fourth-order valence-corrected chi connectivity index (χ4v) is 4.37. The predicted octanol–water partition coefficient (Wildman–Crippen LogP) is 4.29. The summed E-state index contributed by atoms with van der Waals surface area (Å²) in [5, 5.41) is 14.7. The van der Waals surface area contributed by atoms with E-state index >= 15 is 0 Å². The van der Waals surface area contributed by atoms with Crippen molar-refractivity contribution in [1.82, 2.24) is 10.3 Å². The van der Waals surface area contributed by atoms with Crippen LogP contribution in [0.1, 0.15) is 67.3 Å². The van der Waals surface area contributed by atoms with Crippen molar-refractivity contribution in [1.29, 1.82) is 0 Å². The van der Waals surface area contributed by atoms with Gasteiger partial charge in [0, 0.05) is 31.6 Å². The molecule has 2 aromatic rings. The Bertz CT molecular complexity index is 830. The van der Waals surface area contributed by atoms with Crippen molar-refractivity contribution in [3.63, 3.8) is 0 Å². The van der Waals surface area contributed by atoms with Crippen LogP contribution in [0, 0.1) is 0 Å². The van der Waals surface area contributed by atoms with Crippen molar-refractivity contribution in [2.24, 2.45) is 0 Å². The number of aromatic nitrogens is 1. The van der Waals surface area contributed by atoms with Crippen LogP contribution in [0.25, 0.3) is 0 Å². The quantitative estimate of drug-likeness (QED) is 0.790. The Hall–Kier alpha value is -1.90. The number of piperidine rings is 1. The van der Waals surface area contributed by atoms with Gasteiger partial charge in [-0.05, 0) is 43.9 Å². The summed E-state index contributed by atoms with van der Waals surface area (Å²) in [6.07, 6.45) is -0.284. The minimum atomic E-state index is -4.40. The Morgan fingerprint density at radius 1 is 1.14 bits per heavy atom. The number of oxazole rings is 1. The van der Waals surface area contributed by atoms with Gasteiger partial charge in [0.1, 0.15) is 5.76 Å². The Kier molecular flexibility index (Phi) is 5.44. The van der Waals surface area contributed by atoms with E-state index in [-0.39, 0.29) is 18.0 Å². The Morgan fingerprint density at radius 3 is 2.48 bits per heavy atom. The number of aliphatic hydroxyl groups is 1. The smallest absolute Gasteiger partial charge is 0.416 e. The van der Waals surface area contributed by atoms with E-state index in [1.54, 1.807) is 6.20 Å². The van der Waals surface area contributed by atoms with Gasteiger partial charge < -0.3 is 19.6 Å². The van der Waals surface area contributed by atoms with E-state index in [1.165, 1.54) is 12.1 Å². The van der Waals surface area contributed by atoms with Crippen LogP contribution >= 0.6 is 0 Å². The second-order valence-corrected chi connectivity index (χ2v) is 8.12. The van der Waals surface area contributed by atoms with E-state index in [1.807, 2.05) is 6.92 Å². The van der Waals surface area contributed by atoms with Crippen molar-refractivity contribution in [3.8, 4) is 0 Å². The molecule has 0 spiro atoms. The van der Waals surface area contributed by atoms with E-state index < -0.39 is 17.3 Å². The monoisotopic (exact) mass is 410 g/mol. The van der Waals surface area contributed by atoms with Gasteiger partial charge in [-0.2, -0.15) is 13.2 Å². The zero-order valence-electron chi connectivity index (χ0n) is 16.2. The summed E-state index contributed by atoms with van der Waals surface area (Å²) in [7, 11) is 0. The molecule has 8 heteroatoms. The molecule has 0 saturated carbocycles. The second kappa shape index (κ2) is 7.74.